The van der Waals surface area contributed by atoms with Gasteiger partial charge in [0.25, 0.3) is 0 Å². The Morgan fingerprint density at radius 3 is 3.03 bits per heavy atom. The number of aryl methyl sites for hydroxylation is 1. The van der Waals surface area contributed by atoms with E-state index in [0.717, 1.165) is 59.4 Å². The molecule has 1 saturated heterocycles. The Labute approximate surface area is 206 Å². The fourth-order valence-corrected chi connectivity index (χ4v) is 4.70. The third-order valence-electron chi connectivity index (χ3n) is 6.53. The minimum absolute atomic E-state index is 0.276. The lowest BCUT2D eigenvalue weighted by Crippen LogP contribution is -2.56. The number of aromatic nitrogens is 6. The first-order valence-electron chi connectivity index (χ1n) is 11.8. The maximum Gasteiger partial charge on any atom is 0.172 e. The van der Waals surface area contributed by atoms with Gasteiger partial charge in [0.15, 0.2) is 23.0 Å². The first-order valence-corrected chi connectivity index (χ1v) is 11.8. The molecule has 36 heavy (non-hydrogen) atoms. The highest BCUT2D eigenvalue weighted by atomic mass is 16.5. The Bertz CT molecular complexity index is 1600. The quantitative estimate of drug-likeness (QED) is 0.397. The smallest absolute Gasteiger partial charge is 0.172 e. The molecule has 0 unspecified atom stereocenters. The Balaban J connectivity index is 1.18. The van der Waals surface area contributed by atoms with Gasteiger partial charge in [-0.05, 0) is 36.8 Å². The van der Waals surface area contributed by atoms with Crippen molar-refractivity contribution in [2.45, 2.75) is 13.0 Å². The molecule has 0 aliphatic carbocycles. The first kappa shape index (κ1) is 20.8. The fraction of sp³-hybridized carbons (Fsp3) is 0.240. The summed E-state index contributed by atoms with van der Waals surface area (Å²) >= 11 is 0. The molecular weight excluding hydrogens is 458 g/mol. The van der Waals surface area contributed by atoms with Crippen molar-refractivity contribution in [1.82, 2.24) is 34.9 Å². The minimum atomic E-state index is 0.276. The largest absolute Gasteiger partial charge is 0.487 e. The molecule has 1 atom stereocenters. The molecule has 11 heteroatoms. The number of hydrogen-bond acceptors (Lipinski definition) is 10. The van der Waals surface area contributed by atoms with Gasteiger partial charge in [0.1, 0.15) is 36.3 Å². The number of fused-ring (bicyclic) bond motifs is 5. The van der Waals surface area contributed by atoms with Crippen LogP contribution in [0.15, 0.2) is 55.2 Å². The molecule has 4 aromatic heterocycles. The molecule has 0 saturated carbocycles. The van der Waals surface area contributed by atoms with Crippen molar-refractivity contribution in [3.05, 3.63) is 60.8 Å². The molecule has 2 aliphatic heterocycles. The van der Waals surface area contributed by atoms with E-state index in [1.807, 2.05) is 49.5 Å². The third kappa shape index (κ3) is 3.60. The normalized spacial score (nSPS) is 16.9. The summed E-state index contributed by atoms with van der Waals surface area (Å²) in [5.74, 6) is 3.72. The van der Waals surface area contributed by atoms with Crippen LogP contribution in [0.3, 0.4) is 0 Å². The van der Waals surface area contributed by atoms with Crippen molar-refractivity contribution in [2.24, 2.45) is 0 Å². The van der Waals surface area contributed by atoms with Gasteiger partial charge >= 0.3 is 0 Å². The van der Waals surface area contributed by atoms with Crippen molar-refractivity contribution in [1.29, 1.82) is 0 Å². The second kappa shape index (κ2) is 8.31. The molecule has 0 bridgehead atoms. The van der Waals surface area contributed by atoms with Crippen molar-refractivity contribution >= 4 is 34.0 Å². The van der Waals surface area contributed by atoms with E-state index in [9.17, 15) is 0 Å². The number of nitrogens with zero attached hydrogens (tertiary/aromatic N) is 7. The van der Waals surface area contributed by atoms with Crippen LogP contribution >= 0.6 is 0 Å². The molecule has 5 aromatic rings. The SMILES string of the molecule is Cc1cc(Nc2ncnc3cc4c(nc23)N2CCNC[C@H]2CO4)ccc1Oc1ccn2ncnc2c1. The Hall–Kier alpha value is -4.51. The highest BCUT2D eigenvalue weighted by Gasteiger charge is 2.31. The van der Waals surface area contributed by atoms with Crippen LogP contribution in [-0.4, -0.2) is 61.8 Å². The van der Waals surface area contributed by atoms with Gasteiger partial charge in [0.05, 0.1) is 11.6 Å². The van der Waals surface area contributed by atoms with Crippen LogP contribution in [0.4, 0.5) is 17.3 Å². The van der Waals surface area contributed by atoms with Crippen molar-refractivity contribution in [3.63, 3.8) is 0 Å². The fourth-order valence-electron chi connectivity index (χ4n) is 4.70. The lowest BCUT2D eigenvalue weighted by atomic mass is 10.1. The van der Waals surface area contributed by atoms with E-state index in [0.29, 0.717) is 23.7 Å². The Morgan fingerprint density at radius 2 is 2.08 bits per heavy atom. The predicted octanol–water partition coefficient (Wildman–Crippen LogP) is 3.08. The van der Waals surface area contributed by atoms with Crippen LogP contribution in [-0.2, 0) is 0 Å². The lowest BCUT2D eigenvalue weighted by Gasteiger charge is -2.40. The lowest BCUT2D eigenvalue weighted by molar-refractivity contribution is 0.245. The summed E-state index contributed by atoms with van der Waals surface area (Å²) in [6, 6.07) is 11.9. The summed E-state index contributed by atoms with van der Waals surface area (Å²) in [4.78, 5) is 20.4. The molecular formula is C25H23N9O2. The second-order valence-corrected chi connectivity index (χ2v) is 8.90. The number of anilines is 3. The third-order valence-corrected chi connectivity index (χ3v) is 6.53. The predicted molar refractivity (Wildman–Crippen MR) is 134 cm³/mol. The van der Waals surface area contributed by atoms with Crippen LogP contribution in [0.2, 0.25) is 0 Å². The molecule has 6 heterocycles. The van der Waals surface area contributed by atoms with Crippen LogP contribution in [0.1, 0.15) is 5.56 Å². The summed E-state index contributed by atoms with van der Waals surface area (Å²) in [5.41, 5.74) is 4.02. The van der Waals surface area contributed by atoms with E-state index in [2.05, 4.69) is 35.6 Å². The number of rotatable bonds is 4. The maximum absolute atomic E-state index is 6.10. The standard InChI is InChI=1S/C25H23N9O2/c1-15-8-16(2-3-20(15)36-18-4-6-34-22(9-18)28-14-30-34)31-24-23-19(27-13-29-24)10-21-25(32-23)33-7-5-26-11-17(33)12-35-21/h2-4,6,8-10,13-14,17,26H,5,7,11-12H2,1H3,(H,27,29,31)/t17-/m0/s1. The summed E-state index contributed by atoms with van der Waals surface area (Å²) in [7, 11) is 0. The molecule has 2 aliphatic rings. The van der Waals surface area contributed by atoms with Crippen molar-refractivity contribution in [3.8, 4) is 17.2 Å². The maximum atomic E-state index is 6.10. The van der Waals surface area contributed by atoms with E-state index >= 15 is 0 Å². The van der Waals surface area contributed by atoms with Gasteiger partial charge in [-0.25, -0.2) is 24.5 Å². The zero-order valence-electron chi connectivity index (χ0n) is 19.5. The average molecular weight is 482 g/mol. The van der Waals surface area contributed by atoms with Crippen LogP contribution < -0.4 is 25.0 Å². The monoisotopic (exact) mass is 481 g/mol. The second-order valence-electron chi connectivity index (χ2n) is 8.90. The summed E-state index contributed by atoms with van der Waals surface area (Å²) < 4.78 is 13.8. The van der Waals surface area contributed by atoms with E-state index < -0.39 is 0 Å². The average Bonchev–Trinajstić information content (AvgIpc) is 3.37. The molecule has 0 radical (unpaired) electrons. The van der Waals surface area contributed by atoms with Gasteiger partial charge in [0, 0.05) is 43.7 Å². The molecule has 11 nitrogen and oxygen atoms in total. The number of hydrogen-bond donors (Lipinski definition) is 2. The number of piperazine rings is 1. The van der Waals surface area contributed by atoms with E-state index in [-0.39, 0.29) is 6.04 Å². The summed E-state index contributed by atoms with van der Waals surface area (Å²) in [5, 5.41) is 11.0. The van der Waals surface area contributed by atoms with E-state index in [1.54, 1.807) is 10.8 Å². The minimum Gasteiger partial charge on any atom is -0.487 e. The molecule has 180 valence electrons. The highest BCUT2D eigenvalue weighted by Crippen LogP contribution is 2.37. The van der Waals surface area contributed by atoms with Crippen molar-refractivity contribution < 1.29 is 9.47 Å². The topological polar surface area (TPSA) is 115 Å². The molecule has 0 amide bonds. The van der Waals surface area contributed by atoms with Gasteiger partial charge in [-0.1, -0.05) is 0 Å². The van der Waals surface area contributed by atoms with Gasteiger partial charge in [-0.15, -0.1) is 0 Å². The first-order chi connectivity index (χ1) is 17.7. The molecule has 0 spiro atoms. The van der Waals surface area contributed by atoms with Crippen molar-refractivity contribution in [2.75, 3.05) is 36.5 Å². The number of pyridine rings is 2. The van der Waals surface area contributed by atoms with Gasteiger partial charge < -0.3 is 25.0 Å². The molecule has 2 N–H and O–H groups in total. The number of nitrogens with one attached hydrogen (secondary N) is 2. The van der Waals surface area contributed by atoms with Crippen LogP contribution in [0, 0.1) is 6.92 Å². The summed E-state index contributed by atoms with van der Waals surface area (Å²) in [6.07, 6.45) is 4.88. The highest BCUT2D eigenvalue weighted by molar-refractivity contribution is 5.90. The zero-order valence-corrected chi connectivity index (χ0v) is 19.5. The van der Waals surface area contributed by atoms with Crippen LogP contribution in [0.5, 0.6) is 17.2 Å². The van der Waals surface area contributed by atoms with Crippen LogP contribution in [0.25, 0.3) is 16.7 Å². The molecule has 1 fully saturated rings. The zero-order chi connectivity index (χ0) is 24.1. The van der Waals surface area contributed by atoms with Gasteiger partial charge in [0.2, 0.25) is 0 Å². The summed E-state index contributed by atoms with van der Waals surface area (Å²) in [6.45, 7) is 5.35. The van der Waals surface area contributed by atoms with E-state index in [4.69, 9.17) is 14.5 Å². The van der Waals surface area contributed by atoms with Gasteiger partial charge in [-0.3, -0.25) is 0 Å². The Kier molecular flexibility index (Phi) is 4.81. The number of benzene rings is 1. The molecule has 7 rings (SSSR count). The molecule has 1 aromatic carbocycles. The Morgan fingerprint density at radius 1 is 1.11 bits per heavy atom. The number of ether oxygens (including phenoxy) is 2. The van der Waals surface area contributed by atoms with Gasteiger partial charge in [-0.2, -0.15) is 5.10 Å². The van der Waals surface area contributed by atoms with E-state index in [1.165, 1.54) is 6.33 Å².